The molecule has 23 heavy (non-hydrogen) atoms. The van der Waals surface area contributed by atoms with Gasteiger partial charge in [-0.2, -0.15) is 0 Å². The molecule has 1 aliphatic rings. The summed E-state index contributed by atoms with van der Waals surface area (Å²) < 4.78 is 15.1. The molecule has 1 aromatic heterocycles. The summed E-state index contributed by atoms with van der Waals surface area (Å²) in [5.41, 5.74) is -0.309. The molecule has 2 heterocycles. The number of para-hydroxylation sites is 1. The number of carboxylic acid groups (broad SMARTS) is 1. The Hall–Kier alpha value is -2.70. The van der Waals surface area contributed by atoms with E-state index in [-0.39, 0.29) is 18.1 Å². The predicted octanol–water partition coefficient (Wildman–Crippen LogP) is 1.67. The van der Waals surface area contributed by atoms with Gasteiger partial charge in [0.15, 0.2) is 5.82 Å². The highest BCUT2D eigenvalue weighted by atomic mass is 19.1. The van der Waals surface area contributed by atoms with E-state index in [9.17, 15) is 14.0 Å². The van der Waals surface area contributed by atoms with E-state index in [0.717, 1.165) is 0 Å². The number of anilines is 1. The molecule has 0 bridgehead atoms. The minimum absolute atomic E-state index is 0.146. The summed E-state index contributed by atoms with van der Waals surface area (Å²) in [6, 6.07) is 5.99. The first kappa shape index (κ1) is 15.2. The van der Waals surface area contributed by atoms with Crippen molar-refractivity contribution in [2.24, 2.45) is 5.92 Å². The fourth-order valence-corrected chi connectivity index (χ4v) is 2.83. The molecule has 1 saturated heterocycles. The van der Waals surface area contributed by atoms with Crippen LogP contribution in [-0.2, 0) is 4.79 Å². The van der Waals surface area contributed by atoms with E-state index in [2.05, 4.69) is 4.98 Å². The molecule has 1 atom stereocenters. The van der Waals surface area contributed by atoms with Crippen molar-refractivity contribution in [1.82, 2.24) is 9.55 Å². The lowest BCUT2D eigenvalue weighted by Gasteiger charge is -2.31. The van der Waals surface area contributed by atoms with Crippen LogP contribution in [0.1, 0.15) is 12.8 Å². The van der Waals surface area contributed by atoms with Crippen LogP contribution in [0.5, 0.6) is 0 Å². The zero-order chi connectivity index (χ0) is 16.4. The maximum atomic E-state index is 13.9. The Morgan fingerprint density at radius 2 is 2.13 bits per heavy atom. The molecule has 1 unspecified atom stereocenters. The maximum absolute atomic E-state index is 13.9. The molecule has 0 aliphatic carbocycles. The Morgan fingerprint density at radius 3 is 2.87 bits per heavy atom. The Kier molecular flexibility index (Phi) is 4.10. The first-order valence-corrected chi connectivity index (χ1v) is 7.38. The molecule has 0 amide bonds. The van der Waals surface area contributed by atoms with E-state index in [1.165, 1.54) is 29.1 Å². The third-order valence-corrected chi connectivity index (χ3v) is 4.00. The number of rotatable bonds is 3. The highest BCUT2D eigenvalue weighted by Gasteiger charge is 2.27. The van der Waals surface area contributed by atoms with Crippen molar-refractivity contribution in [3.05, 3.63) is 52.8 Å². The van der Waals surface area contributed by atoms with Crippen LogP contribution in [-0.4, -0.2) is 33.7 Å². The number of hydrogen-bond acceptors (Lipinski definition) is 4. The summed E-state index contributed by atoms with van der Waals surface area (Å²) in [7, 11) is 0. The van der Waals surface area contributed by atoms with E-state index in [0.29, 0.717) is 19.4 Å². The number of hydrogen-bond donors (Lipinski definition) is 1. The number of aromatic nitrogens is 2. The quantitative estimate of drug-likeness (QED) is 0.932. The molecule has 120 valence electrons. The fraction of sp³-hybridized carbons (Fsp3) is 0.312. The van der Waals surface area contributed by atoms with E-state index in [1.54, 1.807) is 17.0 Å². The summed E-state index contributed by atoms with van der Waals surface area (Å²) in [4.78, 5) is 29.6. The van der Waals surface area contributed by atoms with Gasteiger partial charge in [-0.05, 0) is 25.0 Å². The molecule has 1 fully saturated rings. The summed E-state index contributed by atoms with van der Waals surface area (Å²) in [5.74, 6) is -1.75. The van der Waals surface area contributed by atoms with Crippen LogP contribution in [0.3, 0.4) is 0 Å². The maximum Gasteiger partial charge on any atom is 0.308 e. The number of piperidine rings is 1. The molecule has 6 nitrogen and oxygen atoms in total. The van der Waals surface area contributed by atoms with Gasteiger partial charge in [0, 0.05) is 25.5 Å². The number of carboxylic acids is 1. The van der Waals surface area contributed by atoms with E-state index < -0.39 is 23.3 Å². The van der Waals surface area contributed by atoms with Gasteiger partial charge in [-0.3, -0.25) is 14.2 Å². The second-order valence-electron chi connectivity index (χ2n) is 5.50. The summed E-state index contributed by atoms with van der Waals surface area (Å²) in [6.07, 6.45) is 4.09. The van der Waals surface area contributed by atoms with Crippen molar-refractivity contribution in [2.75, 3.05) is 18.0 Å². The lowest BCUT2D eigenvalue weighted by Crippen LogP contribution is -2.42. The van der Waals surface area contributed by atoms with Gasteiger partial charge in [0.1, 0.15) is 5.82 Å². The standard InChI is InChI=1S/C16H16FN3O3/c17-12-5-1-2-6-13(12)20-9-7-18-14(15(20)21)19-8-3-4-11(10-19)16(22)23/h1-2,5-7,9,11H,3-4,8,10H2,(H,22,23). The monoisotopic (exact) mass is 317 g/mol. The minimum atomic E-state index is -0.875. The Balaban J connectivity index is 1.99. The molecule has 1 aromatic carbocycles. The summed E-state index contributed by atoms with van der Waals surface area (Å²) in [6.45, 7) is 0.798. The van der Waals surface area contributed by atoms with Gasteiger partial charge in [-0.25, -0.2) is 9.37 Å². The average molecular weight is 317 g/mol. The van der Waals surface area contributed by atoms with Crippen LogP contribution >= 0.6 is 0 Å². The van der Waals surface area contributed by atoms with Crippen LogP contribution in [0.25, 0.3) is 5.69 Å². The Morgan fingerprint density at radius 1 is 1.35 bits per heavy atom. The Labute approximate surface area is 131 Å². The van der Waals surface area contributed by atoms with E-state index in [1.807, 2.05) is 0 Å². The Bertz CT molecular complexity index is 790. The van der Waals surface area contributed by atoms with Gasteiger partial charge >= 0.3 is 5.97 Å². The summed E-state index contributed by atoms with van der Waals surface area (Å²) in [5, 5.41) is 9.16. The number of halogens is 1. The van der Waals surface area contributed by atoms with E-state index >= 15 is 0 Å². The SMILES string of the molecule is O=C(O)C1CCCN(c2nccn(-c3ccccc3F)c2=O)C1. The van der Waals surface area contributed by atoms with Crippen molar-refractivity contribution in [3.63, 3.8) is 0 Å². The van der Waals surface area contributed by atoms with Crippen molar-refractivity contribution < 1.29 is 14.3 Å². The molecule has 0 spiro atoms. The topological polar surface area (TPSA) is 75.4 Å². The molecular formula is C16H16FN3O3. The van der Waals surface area contributed by atoms with Gasteiger partial charge in [0.05, 0.1) is 11.6 Å². The van der Waals surface area contributed by atoms with Gasteiger partial charge < -0.3 is 10.0 Å². The molecular weight excluding hydrogens is 301 g/mol. The third-order valence-electron chi connectivity index (χ3n) is 4.00. The number of carbonyl (C=O) groups is 1. The largest absolute Gasteiger partial charge is 0.481 e. The van der Waals surface area contributed by atoms with Gasteiger partial charge in [0.25, 0.3) is 5.56 Å². The van der Waals surface area contributed by atoms with Crippen LogP contribution in [0.15, 0.2) is 41.5 Å². The number of aliphatic carboxylic acids is 1. The predicted molar refractivity (Wildman–Crippen MR) is 82.4 cm³/mol. The second kappa shape index (κ2) is 6.20. The molecule has 1 N–H and O–H groups in total. The molecule has 2 aromatic rings. The smallest absolute Gasteiger partial charge is 0.308 e. The minimum Gasteiger partial charge on any atom is -0.481 e. The molecule has 1 aliphatic heterocycles. The van der Waals surface area contributed by atoms with Crippen LogP contribution in [0, 0.1) is 11.7 Å². The number of nitrogens with zero attached hydrogens (tertiary/aromatic N) is 3. The fourth-order valence-electron chi connectivity index (χ4n) is 2.83. The van der Waals surface area contributed by atoms with Crippen LogP contribution in [0.4, 0.5) is 10.2 Å². The van der Waals surface area contributed by atoms with Crippen molar-refractivity contribution in [1.29, 1.82) is 0 Å². The number of benzene rings is 1. The van der Waals surface area contributed by atoms with Crippen LogP contribution in [0.2, 0.25) is 0 Å². The normalized spacial score (nSPS) is 18.0. The first-order valence-electron chi connectivity index (χ1n) is 7.38. The average Bonchev–Trinajstić information content (AvgIpc) is 2.56. The van der Waals surface area contributed by atoms with Gasteiger partial charge in [-0.15, -0.1) is 0 Å². The first-order chi connectivity index (χ1) is 11.1. The second-order valence-corrected chi connectivity index (χ2v) is 5.50. The lowest BCUT2D eigenvalue weighted by molar-refractivity contribution is -0.141. The highest BCUT2D eigenvalue weighted by molar-refractivity contribution is 5.71. The van der Waals surface area contributed by atoms with E-state index in [4.69, 9.17) is 5.11 Å². The molecule has 0 radical (unpaired) electrons. The molecule has 0 saturated carbocycles. The van der Waals surface area contributed by atoms with Gasteiger partial charge in [-0.1, -0.05) is 12.1 Å². The molecule has 3 rings (SSSR count). The molecule has 7 heteroatoms. The third kappa shape index (κ3) is 2.94. The van der Waals surface area contributed by atoms with Crippen molar-refractivity contribution >= 4 is 11.8 Å². The van der Waals surface area contributed by atoms with Crippen LogP contribution < -0.4 is 10.5 Å². The summed E-state index contributed by atoms with van der Waals surface area (Å²) >= 11 is 0. The zero-order valence-electron chi connectivity index (χ0n) is 12.4. The van der Waals surface area contributed by atoms with Crippen molar-refractivity contribution in [3.8, 4) is 5.69 Å². The van der Waals surface area contributed by atoms with Gasteiger partial charge in [0.2, 0.25) is 0 Å². The van der Waals surface area contributed by atoms with Crippen molar-refractivity contribution in [2.45, 2.75) is 12.8 Å². The lowest BCUT2D eigenvalue weighted by atomic mass is 9.98. The zero-order valence-corrected chi connectivity index (χ0v) is 12.4. The highest BCUT2D eigenvalue weighted by Crippen LogP contribution is 2.20.